The Balaban J connectivity index is 1.33. The van der Waals surface area contributed by atoms with Gasteiger partial charge in [0.2, 0.25) is 5.91 Å². The monoisotopic (exact) mass is 517 g/mol. The lowest BCUT2D eigenvalue weighted by Gasteiger charge is -2.18. The second kappa shape index (κ2) is 9.83. The van der Waals surface area contributed by atoms with Crippen molar-refractivity contribution < 1.29 is 14.3 Å². The highest BCUT2D eigenvalue weighted by Gasteiger charge is 2.29. The molecule has 7 nitrogen and oxygen atoms in total. The zero-order valence-corrected chi connectivity index (χ0v) is 21.7. The third kappa shape index (κ3) is 4.55. The van der Waals surface area contributed by atoms with Crippen molar-refractivity contribution in [2.75, 3.05) is 17.7 Å². The van der Waals surface area contributed by atoms with E-state index in [9.17, 15) is 14.4 Å². The average Bonchev–Trinajstić information content (AvgIpc) is 3.35. The Morgan fingerprint density at radius 2 is 2.00 bits per heavy atom. The van der Waals surface area contributed by atoms with E-state index in [-0.39, 0.29) is 29.8 Å². The van der Waals surface area contributed by atoms with Crippen LogP contribution < -0.4 is 10.9 Å². The molecule has 10 heteroatoms. The summed E-state index contributed by atoms with van der Waals surface area (Å²) in [6.45, 7) is 4.27. The van der Waals surface area contributed by atoms with E-state index in [1.54, 1.807) is 18.3 Å². The summed E-state index contributed by atoms with van der Waals surface area (Å²) in [4.78, 5) is 48.9. The fourth-order valence-corrected chi connectivity index (χ4v) is 8.16. The van der Waals surface area contributed by atoms with Crippen LogP contribution in [0.1, 0.15) is 64.3 Å². The van der Waals surface area contributed by atoms with Gasteiger partial charge in [-0.15, -0.1) is 22.7 Å². The first-order valence-electron chi connectivity index (χ1n) is 11.7. The summed E-state index contributed by atoms with van der Waals surface area (Å²) >= 11 is 4.27. The summed E-state index contributed by atoms with van der Waals surface area (Å²) in [5.41, 5.74) is 2.54. The molecule has 3 aromatic heterocycles. The van der Waals surface area contributed by atoms with Gasteiger partial charge in [-0.2, -0.15) is 0 Å². The van der Waals surface area contributed by atoms with Gasteiger partial charge in [0.1, 0.15) is 9.83 Å². The predicted octanol–water partition coefficient (Wildman–Crippen LogP) is 4.96. The summed E-state index contributed by atoms with van der Waals surface area (Å²) in [6, 6.07) is 0. The van der Waals surface area contributed by atoms with E-state index in [1.165, 1.54) is 28.0 Å². The van der Waals surface area contributed by atoms with Crippen molar-refractivity contribution in [2.45, 2.75) is 63.9 Å². The molecule has 0 saturated heterocycles. The maximum atomic E-state index is 12.8. The van der Waals surface area contributed by atoms with Crippen LogP contribution in [0.5, 0.6) is 0 Å². The first-order valence-corrected chi connectivity index (χ1v) is 14.3. The van der Waals surface area contributed by atoms with Gasteiger partial charge >= 0.3 is 5.97 Å². The van der Waals surface area contributed by atoms with Gasteiger partial charge in [0.25, 0.3) is 5.56 Å². The van der Waals surface area contributed by atoms with Gasteiger partial charge in [0.05, 0.1) is 23.3 Å². The molecule has 2 aliphatic rings. The van der Waals surface area contributed by atoms with Crippen molar-refractivity contribution in [1.29, 1.82) is 0 Å². The standard InChI is InChI=1S/C24H27N3O4S3/c1-3-31-23(30)19-14-9-8-12(2)10-16(14)34-22(19)25-17(28)11-32-24-26-20(29)18-13-6-4-5-7-15(13)33-21(18)27-24/h12H,3-11H2,1-2H3,(H,25,28)(H,26,27,29). The Hall–Kier alpha value is -2.17. The number of thioether (sulfide) groups is 1. The first kappa shape index (κ1) is 23.6. The van der Waals surface area contributed by atoms with Crippen LogP contribution in [-0.2, 0) is 35.2 Å². The van der Waals surface area contributed by atoms with Gasteiger partial charge in [-0.05, 0) is 68.9 Å². The van der Waals surface area contributed by atoms with Gasteiger partial charge in [0, 0.05) is 9.75 Å². The minimum atomic E-state index is -0.379. The van der Waals surface area contributed by atoms with E-state index in [2.05, 4.69) is 22.2 Å². The van der Waals surface area contributed by atoms with Crippen LogP contribution >= 0.6 is 34.4 Å². The van der Waals surface area contributed by atoms with Crippen molar-refractivity contribution >= 4 is 61.5 Å². The average molecular weight is 518 g/mol. The Kier molecular flexibility index (Phi) is 6.81. The molecule has 5 rings (SSSR count). The van der Waals surface area contributed by atoms with Crippen molar-refractivity contribution in [2.24, 2.45) is 5.92 Å². The molecular weight excluding hydrogens is 490 g/mol. The minimum Gasteiger partial charge on any atom is -0.462 e. The smallest absolute Gasteiger partial charge is 0.341 e. The molecule has 180 valence electrons. The van der Waals surface area contributed by atoms with Crippen LogP contribution in [0.4, 0.5) is 5.00 Å². The highest BCUT2D eigenvalue weighted by molar-refractivity contribution is 7.99. The van der Waals surface area contributed by atoms with Gasteiger partial charge in [-0.1, -0.05) is 18.7 Å². The highest BCUT2D eigenvalue weighted by atomic mass is 32.2. The number of aromatic nitrogens is 2. The van der Waals surface area contributed by atoms with E-state index in [4.69, 9.17) is 4.74 Å². The molecule has 2 N–H and O–H groups in total. The van der Waals surface area contributed by atoms with E-state index in [0.717, 1.165) is 65.8 Å². The Bertz CT molecular complexity index is 1320. The number of ether oxygens (including phenoxy) is 1. The molecule has 3 heterocycles. The van der Waals surface area contributed by atoms with Crippen LogP contribution in [0.15, 0.2) is 9.95 Å². The number of fused-ring (bicyclic) bond motifs is 4. The zero-order chi connectivity index (χ0) is 23.8. The number of rotatable bonds is 6. The van der Waals surface area contributed by atoms with Gasteiger partial charge in [0.15, 0.2) is 5.16 Å². The Morgan fingerprint density at radius 1 is 1.18 bits per heavy atom. The molecule has 0 aromatic carbocycles. The number of hydrogen-bond acceptors (Lipinski definition) is 8. The number of aryl methyl sites for hydroxylation is 2. The molecule has 34 heavy (non-hydrogen) atoms. The van der Waals surface area contributed by atoms with Gasteiger partial charge < -0.3 is 15.0 Å². The van der Waals surface area contributed by atoms with Crippen molar-refractivity contribution in [3.8, 4) is 0 Å². The molecule has 1 unspecified atom stereocenters. The summed E-state index contributed by atoms with van der Waals surface area (Å²) in [5.74, 6) is 0.0212. The normalized spacial score (nSPS) is 17.3. The summed E-state index contributed by atoms with van der Waals surface area (Å²) < 4.78 is 5.28. The van der Waals surface area contributed by atoms with Crippen LogP contribution in [0.2, 0.25) is 0 Å². The highest BCUT2D eigenvalue weighted by Crippen LogP contribution is 2.40. The number of amides is 1. The zero-order valence-electron chi connectivity index (χ0n) is 19.2. The van der Waals surface area contributed by atoms with Crippen LogP contribution in [0.25, 0.3) is 10.2 Å². The molecule has 0 spiro atoms. The second-order valence-electron chi connectivity index (χ2n) is 8.88. The SMILES string of the molecule is CCOC(=O)c1c(NC(=O)CSc2nc3sc4c(c3c(=O)[nH]2)CCCC4)sc2c1CCC(C)C2. The van der Waals surface area contributed by atoms with Gasteiger partial charge in [-0.3, -0.25) is 9.59 Å². The molecule has 1 atom stereocenters. The number of thiophene rings is 2. The van der Waals surface area contributed by atoms with E-state index < -0.39 is 0 Å². The molecular formula is C24H27N3O4S3. The molecule has 2 aliphatic carbocycles. The van der Waals surface area contributed by atoms with Gasteiger partial charge in [-0.25, -0.2) is 9.78 Å². The maximum absolute atomic E-state index is 12.8. The molecule has 0 saturated carbocycles. The fraction of sp³-hybridized carbons (Fsp3) is 0.500. The van der Waals surface area contributed by atoms with E-state index in [0.29, 0.717) is 27.0 Å². The van der Waals surface area contributed by atoms with E-state index >= 15 is 0 Å². The van der Waals surface area contributed by atoms with Crippen molar-refractivity contribution in [3.63, 3.8) is 0 Å². The fourth-order valence-electron chi connectivity index (χ4n) is 4.77. The quantitative estimate of drug-likeness (QED) is 0.272. The summed E-state index contributed by atoms with van der Waals surface area (Å²) in [7, 11) is 0. The number of carbonyl (C=O) groups excluding carboxylic acids is 2. The Labute approximate surface area is 209 Å². The number of aromatic amines is 1. The molecule has 1 amide bonds. The largest absolute Gasteiger partial charge is 0.462 e. The molecule has 0 fully saturated rings. The topological polar surface area (TPSA) is 101 Å². The lowest BCUT2D eigenvalue weighted by atomic mass is 9.88. The minimum absolute atomic E-state index is 0.0841. The van der Waals surface area contributed by atoms with Crippen LogP contribution in [0.3, 0.4) is 0 Å². The second-order valence-corrected chi connectivity index (χ2v) is 12.0. The molecule has 3 aromatic rings. The number of nitrogens with zero attached hydrogens (tertiary/aromatic N) is 1. The van der Waals surface area contributed by atoms with Crippen LogP contribution in [0, 0.1) is 5.92 Å². The number of anilines is 1. The lowest BCUT2D eigenvalue weighted by Crippen LogP contribution is -2.18. The predicted molar refractivity (Wildman–Crippen MR) is 138 cm³/mol. The molecule has 0 aliphatic heterocycles. The summed E-state index contributed by atoms with van der Waals surface area (Å²) in [5, 5.41) is 4.64. The molecule has 0 radical (unpaired) electrons. The number of hydrogen-bond donors (Lipinski definition) is 2. The summed E-state index contributed by atoms with van der Waals surface area (Å²) in [6.07, 6.45) is 6.95. The van der Waals surface area contributed by atoms with Crippen molar-refractivity contribution in [1.82, 2.24) is 9.97 Å². The number of carbonyl (C=O) groups is 2. The van der Waals surface area contributed by atoms with E-state index in [1.807, 2.05) is 0 Å². The van der Waals surface area contributed by atoms with Crippen molar-refractivity contribution in [3.05, 3.63) is 36.8 Å². The lowest BCUT2D eigenvalue weighted by molar-refractivity contribution is -0.113. The third-order valence-corrected chi connectivity index (χ3v) is 9.62. The van der Waals surface area contributed by atoms with Crippen LogP contribution in [-0.4, -0.2) is 34.2 Å². The third-order valence-electron chi connectivity index (χ3n) is 6.39. The molecule has 0 bridgehead atoms. The maximum Gasteiger partial charge on any atom is 0.341 e. The first-order chi connectivity index (χ1) is 16.4. The number of nitrogens with one attached hydrogen (secondary N) is 2. The Morgan fingerprint density at radius 3 is 2.82 bits per heavy atom. The number of H-pyrrole nitrogens is 1. The number of esters is 1.